The first-order valence-electron chi connectivity index (χ1n) is 6.82. The first kappa shape index (κ1) is 14.3. The molecular formula is C15H20BrN3. The van der Waals surface area contributed by atoms with E-state index in [2.05, 4.69) is 52.0 Å². The quantitative estimate of drug-likeness (QED) is 0.861. The third-order valence-corrected chi connectivity index (χ3v) is 4.41. The summed E-state index contributed by atoms with van der Waals surface area (Å²) in [6, 6.07) is 4.01. The molecule has 0 bridgehead atoms. The second kappa shape index (κ2) is 5.87. The lowest BCUT2D eigenvalue weighted by atomic mass is 9.89. The highest BCUT2D eigenvalue weighted by molar-refractivity contribution is 9.10. The number of hydrogen-bond acceptors (Lipinski definition) is 3. The van der Waals surface area contributed by atoms with Gasteiger partial charge >= 0.3 is 0 Å². The van der Waals surface area contributed by atoms with E-state index >= 15 is 0 Å². The van der Waals surface area contributed by atoms with E-state index in [-0.39, 0.29) is 5.54 Å². The van der Waals surface area contributed by atoms with E-state index in [4.69, 9.17) is 0 Å². The Morgan fingerprint density at radius 1 is 1.16 bits per heavy atom. The van der Waals surface area contributed by atoms with Gasteiger partial charge in [-0.05, 0) is 47.3 Å². The summed E-state index contributed by atoms with van der Waals surface area (Å²) in [5.41, 5.74) is 3.06. The van der Waals surface area contributed by atoms with Crippen LogP contribution in [-0.4, -0.2) is 15.5 Å². The summed E-state index contributed by atoms with van der Waals surface area (Å²) in [7, 11) is 0. The van der Waals surface area contributed by atoms with Crippen LogP contribution >= 0.6 is 15.9 Å². The minimum atomic E-state index is 0.142. The standard InChI is InChI=1S/C15H20BrN3/c1-4-15(5-2,6-3)19-12-7-8-17-13-9-11(16)10-18-14(12)13/h7-10H,4-6H2,1-3H3,(H,17,19). The van der Waals surface area contributed by atoms with E-state index in [1.807, 2.05) is 24.5 Å². The summed E-state index contributed by atoms with van der Waals surface area (Å²) in [6.45, 7) is 6.69. The summed E-state index contributed by atoms with van der Waals surface area (Å²) in [5, 5.41) is 3.69. The second-order valence-electron chi connectivity index (χ2n) is 4.85. The normalized spacial score (nSPS) is 11.8. The largest absolute Gasteiger partial charge is 0.378 e. The Bertz CT molecular complexity index is 556. The molecule has 0 radical (unpaired) electrons. The van der Waals surface area contributed by atoms with Crippen molar-refractivity contribution in [3.05, 3.63) is 29.0 Å². The Labute approximate surface area is 123 Å². The van der Waals surface area contributed by atoms with Crippen LogP contribution in [0.5, 0.6) is 0 Å². The number of hydrogen-bond donors (Lipinski definition) is 1. The Kier molecular flexibility index (Phi) is 4.40. The topological polar surface area (TPSA) is 37.8 Å². The van der Waals surface area contributed by atoms with Crippen LogP contribution in [0.25, 0.3) is 11.0 Å². The predicted molar refractivity (Wildman–Crippen MR) is 84.5 cm³/mol. The molecule has 0 spiro atoms. The fourth-order valence-electron chi connectivity index (χ4n) is 2.41. The van der Waals surface area contributed by atoms with Crippen molar-refractivity contribution in [3.8, 4) is 0 Å². The molecule has 0 aliphatic heterocycles. The van der Waals surface area contributed by atoms with Gasteiger partial charge in [0.05, 0.1) is 11.2 Å². The Morgan fingerprint density at radius 2 is 1.84 bits per heavy atom. The molecule has 19 heavy (non-hydrogen) atoms. The molecule has 2 heterocycles. The van der Waals surface area contributed by atoms with E-state index in [0.29, 0.717) is 0 Å². The SMILES string of the molecule is CCC(CC)(CC)Nc1ccnc2cc(Br)cnc12. The molecular weight excluding hydrogens is 302 g/mol. The lowest BCUT2D eigenvalue weighted by Gasteiger charge is -2.33. The van der Waals surface area contributed by atoms with Gasteiger partial charge in [-0.3, -0.25) is 9.97 Å². The molecule has 0 saturated carbocycles. The van der Waals surface area contributed by atoms with Gasteiger partial charge < -0.3 is 5.32 Å². The van der Waals surface area contributed by atoms with Crippen LogP contribution in [0.4, 0.5) is 5.69 Å². The molecule has 0 saturated heterocycles. The fourth-order valence-corrected chi connectivity index (χ4v) is 2.73. The molecule has 2 aromatic rings. The number of fused-ring (bicyclic) bond motifs is 1. The number of aromatic nitrogens is 2. The monoisotopic (exact) mass is 321 g/mol. The van der Waals surface area contributed by atoms with Gasteiger partial charge in [0.15, 0.2) is 0 Å². The van der Waals surface area contributed by atoms with Gasteiger partial charge in [-0.25, -0.2) is 0 Å². The second-order valence-corrected chi connectivity index (χ2v) is 5.76. The molecule has 3 nitrogen and oxygen atoms in total. The van der Waals surface area contributed by atoms with Crippen LogP contribution in [0.2, 0.25) is 0 Å². The van der Waals surface area contributed by atoms with Crippen LogP contribution in [0.15, 0.2) is 29.0 Å². The number of halogens is 1. The van der Waals surface area contributed by atoms with Crippen LogP contribution in [0.1, 0.15) is 40.0 Å². The zero-order chi connectivity index (χ0) is 13.9. The van der Waals surface area contributed by atoms with Crippen LogP contribution < -0.4 is 5.32 Å². The highest BCUT2D eigenvalue weighted by Crippen LogP contribution is 2.29. The first-order chi connectivity index (χ1) is 9.14. The lowest BCUT2D eigenvalue weighted by Crippen LogP contribution is -2.36. The minimum absolute atomic E-state index is 0.142. The fraction of sp³-hybridized carbons (Fsp3) is 0.467. The van der Waals surface area contributed by atoms with Crippen molar-refractivity contribution >= 4 is 32.7 Å². The average Bonchev–Trinajstić information content (AvgIpc) is 2.44. The average molecular weight is 322 g/mol. The lowest BCUT2D eigenvalue weighted by molar-refractivity contribution is 0.421. The van der Waals surface area contributed by atoms with Crippen molar-refractivity contribution in [2.24, 2.45) is 0 Å². The number of anilines is 1. The van der Waals surface area contributed by atoms with Crippen molar-refractivity contribution in [2.45, 2.75) is 45.6 Å². The molecule has 2 rings (SSSR count). The Morgan fingerprint density at radius 3 is 2.47 bits per heavy atom. The van der Waals surface area contributed by atoms with Gasteiger partial charge in [-0.15, -0.1) is 0 Å². The number of nitrogens with one attached hydrogen (secondary N) is 1. The molecule has 1 N–H and O–H groups in total. The zero-order valence-electron chi connectivity index (χ0n) is 11.7. The summed E-state index contributed by atoms with van der Waals surface area (Å²) < 4.78 is 0.956. The maximum absolute atomic E-state index is 4.50. The van der Waals surface area contributed by atoms with Crippen molar-refractivity contribution in [1.29, 1.82) is 0 Å². The van der Waals surface area contributed by atoms with Gasteiger partial charge in [0.1, 0.15) is 5.52 Å². The van der Waals surface area contributed by atoms with Gasteiger partial charge in [0.25, 0.3) is 0 Å². The highest BCUT2D eigenvalue weighted by Gasteiger charge is 2.24. The summed E-state index contributed by atoms with van der Waals surface area (Å²) in [6.07, 6.45) is 6.95. The van der Waals surface area contributed by atoms with Crippen molar-refractivity contribution < 1.29 is 0 Å². The minimum Gasteiger partial charge on any atom is -0.378 e. The first-order valence-corrected chi connectivity index (χ1v) is 7.62. The van der Waals surface area contributed by atoms with E-state index in [9.17, 15) is 0 Å². The number of nitrogens with zero attached hydrogens (tertiary/aromatic N) is 2. The molecule has 0 aromatic carbocycles. The summed E-state index contributed by atoms with van der Waals surface area (Å²) in [4.78, 5) is 8.87. The number of pyridine rings is 2. The Hall–Kier alpha value is -1.16. The van der Waals surface area contributed by atoms with E-state index in [0.717, 1.165) is 40.5 Å². The van der Waals surface area contributed by atoms with Crippen LogP contribution in [-0.2, 0) is 0 Å². The third kappa shape index (κ3) is 2.89. The molecule has 0 aliphatic rings. The van der Waals surface area contributed by atoms with Gasteiger partial charge in [-0.1, -0.05) is 20.8 Å². The molecule has 0 amide bonds. The van der Waals surface area contributed by atoms with Crippen LogP contribution in [0.3, 0.4) is 0 Å². The van der Waals surface area contributed by atoms with Gasteiger partial charge in [0, 0.05) is 22.4 Å². The van der Waals surface area contributed by atoms with Crippen LogP contribution in [0, 0.1) is 0 Å². The van der Waals surface area contributed by atoms with Crippen molar-refractivity contribution in [3.63, 3.8) is 0 Å². The highest BCUT2D eigenvalue weighted by atomic mass is 79.9. The van der Waals surface area contributed by atoms with Gasteiger partial charge in [-0.2, -0.15) is 0 Å². The summed E-state index contributed by atoms with van der Waals surface area (Å²) >= 11 is 3.44. The zero-order valence-corrected chi connectivity index (χ0v) is 13.3. The maximum atomic E-state index is 4.50. The maximum Gasteiger partial charge on any atom is 0.112 e. The van der Waals surface area contributed by atoms with E-state index < -0.39 is 0 Å². The van der Waals surface area contributed by atoms with Crippen molar-refractivity contribution in [2.75, 3.05) is 5.32 Å². The molecule has 102 valence electrons. The summed E-state index contributed by atoms with van der Waals surface area (Å²) in [5.74, 6) is 0. The van der Waals surface area contributed by atoms with E-state index in [1.54, 1.807) is 0 Å². The Balaban J connectivity index is 2.45. The third-order valence-electron chi connectivity index (χ3n) is 3.97. The molecule has 2 aromatic heterocycles. The molecule has 0 fully saturated rings. The molecule has 0 atom stereocenters. The van der Waals surface area contributed by atoms with E-state index in [1.165, 1.54) is 0 Å². The molecule has 4 heteroatoms. The molecule has 0 aliphatic carbocycles. The predicted octanol–water partition coefficient (Wildman–Crippen LogP) is 4.77. The van der Waals surface area contributed by atoms with Gasteiger partial charge in [0.2, 0.25) is 0 Å². The smallest absolute Gasteiger partial charge is 0.112 e. The van der Waals surface area contributed by atoms with Crippen molar-refractivity contribution in [1.82, 2.24) is 9.97 Å². The number of rotatable bonds is 5. The molecule has 0 unspecified atom stereocenters.